The van der Waals surface area contributed by atoms with Gasteiger partial charge >= 0.3 is 0 Å². The van der Waals surface area contributed by atoms with Gasteiger partial charge in [0, 0.05) is 16.4 Å². The second-order valence-electron chi connectivity index (χ2n) is 4.94. The molecule has 0 amide bonds. The lowest BCUT2D eigenvalue weighted by Crippen LogP contribution is -2.45. The number of hydrogen-bond acceptors (Lipinski definition) is 2. The highest BCUT2D eigenvalue weighted by Gasteiger charge is 2.03. The van der Waals surface area contributed by atoms with Gasteiger partial charge in [-0.3, -0.25) is 10.9 Å². The third kappa shape index (κ3) is 5.35. The van der Waals surface area contributed by atoms with E-state index < -0.39 is 0 Å². The van der Waals surface area contributed by atoms with Crippen molar-refractivity contribution in [3.8, 4) is 0 Å². The summed E-state index contributed by atoms with van der Waals surface area (Å²) in [5, 5.41) is 7.61. The van der Waals surface area contributed by atoms with Gasteiger partial charge in [0.05, 0.1) is 0 Å². The summed E-state index contributed by atoms with van der Waals surface area (Å²) in [4.78, 5) is 0. The Hall–Kier alpha value is -1.89. The van der Waals surface area contributed by atoms with Gasteiger partial charge in [-0.05, 0) is 67.6 Å². The van der Waals surface area contributed by atoms with Crippen LogP contribution in [0.15, 0.2) is 42.5 Å². The molecule has 0 unspecified atom stereocenters. The van der Waals surface area contributed by atoms with Gasteiger partial charge in [0.25, 0.3) is 0 Å². The maximum absolute atomic E-state index is 6.08. The van der Waals surface area contributed by atoms with Crippen molar-refractivity contribution in [1.82, 2.24) is 10.9 Å². The number of halogens is 1. The van der Waals surface area contributed by atoms with E-state index >= 15 is 0 Å². The molecule has 2 rings (SSSR count). The van der Waals surface area contributed by atoms with Gasteiger partial charge in [0.2, 0.25) is 0 Å². The summed E-state index contributed by atoms with van der Waals surface area (Å²) in [6.45, 7) is 3.95. The molecule has 0 aromatic heterocycles. The van der Waals surface area contributed by atoms with E-state index in [1.54, 1.807) is 0 Å². The molecule has 2 aromatic rings. The van der Waals surface area contributed by atoms with E-state index in [9.17, 15) is 0 Å². The Kier molecular flexibility index (Phi) is 6.15. The van der Waals surface area contributed by atoms with Gasteiger partial charge in [0.15, 0.2) is 10.2 Å². The standard InChI is InChI=1S/C16H17ClN4S2/c1-10-7-8-12(9-13(10)17)18-15(22)20-21-16(23)19-14-6-4-3-5-11(14)2/h3-9H,1-2H3,(H2,18,20,22)(H2,19,21,23). The maximum Gasteiger partial charge on any atom is 0.189 e. The predicted molar refractivity (Wildman–Crippen MR) is 106 cm³/mol. The van der Waals surface area contributed by atoms with Crippen molar-refractivity contribution in [1.29, 1.82) is 0 Å². The summed E-state index contributed by atoms with van der Waals surface area (Å²) in [5.74, 6) is 0. The molecule has 0 aliphatic rings. The number of anilines is 2. The molecule has 0 fully saturated rings. The largest absolute Gasteiger partial charge is 0.331 e. The van der Waals surface area contributed by atoms with Crippen molar-refractivity contribution in [2.75, 3.05) is 10.6 Å². The zero-order chi connectivity index (χ0) is 16.8. The highest BCUT2D eigenvalue weighted by atomic mass is 35.5. The number of rotatable bonds is 2. The van der Waals surface area contributed by atoms with Crippen molar-refractivity contribution in [3.05, 3.63) is 58.6 Å². The SMILES string of the molecule is Cc1ccc(NC(=S)NNC(=S)Nc2ccccc2C)cc1Cl. The van der Waals surface area contributed by atoms with Crippen molar-refractivity contribution in [3.63, 3.8) is 0 Å². The Morgan fingerprint density at radius 1 is 0.870 bits per heavy atom. The molecule has 0 radical (unpaired) electrons. The average molecular weight is 365 g/mol. The first-order valence-electron chi connectivity index (χ1n) is 6.91. The zero-order valence-corrected chi connectivity index (χ0v) is 15.1. The third-order valence-corrected chi connectivity index (χ3v) is 3.93. The topological polar surface area (TPSA) is 48.1 Å². The molecule has 0 saturated heterocycles. The highest BCUT2D eigenvalue weighted by molar-refractivity contribution is 7.81. The number of para-hydroxylation sites is 1. The monoisotopic (exact) mass is 364 g/mol. The summed E-state index contributed by atoms with van der Waals surface area (Å²) >= 11 is 16.5. The molecular weight excluding hydrogens is 348 g/mol. The molecule has 0 aliphatic carbocycles. The molecule has 7 heteroatoms. The van der Waals surface area contributed by atoms with E-state index in [1.807, 2.05) is 56.3 Å². The van der Waals surface area contributed by atoms with Crippen molar-refractivity contribution >= 4 is 57.6 Å². The van der Waals surface area contributed by atoms with Crippen LogP contribution in [-0.4, -0.2) is 10.2 Å². The van der Waals surface area contributed by atoms with Crippen LogP contribution in [0.4, 0.5) is 11.4 Å². The minimum Gasteiger partial charge on any atom is -0.331 e. The molecule has 23 heavy (non-hydrogen) atoms. The summed E-state index contributed by atoms with van der Waals surface area (Å²) in [6.07, 6.45) is 0. The number of thiocarbonyl (C=S) groups is 2. The summed E-state index contributed by atoms with van der Waals surface area (Å²) < 4.78 is 0. The van der Waals surface area contributed by atoms with E-state index in [0.717, 1.165) is 22.5 Å². The fourth-order valence-electron chi connectivity index (χ4n) is 1.81. The molecular formula is C16H17ClN4S2. The normalized spacial score (nSPS) is 9.87. The average Bonchev–Trinajstić information content (AvgIpc) is 2.51. The second-order valence-corrected chi connectivity index (χ2v) is 6.16. The summed E-state index contributed by atoms with van der Waals surface area (Å²) in [7, 11) is 0. The maximum atomic E-state index is 6.08. The molecule has 4 N–H and O–H groups in total. The predicted octanol–water partition coefficient (Wildman–Crippen LogP) is 4.14. The van der Waals surface area contributed by atoms with E-state index in [2.05, 4.69) is 21.5 Å². The van der Waals surface area contributed by atoms with E-state index in [0.29, 0.717) is 15.2 Å². The number of nitrogens with one attached hydrogen (secondary N) is 4. The number of hydrazine groups is 1. The minimum absolute atomic E-state index is 0.388. The molecule has 2 aromatic carbocycles. The van der Waals surface area contributed by atoms with Crippen LogP contribution in [0.2, 0.25) is 5.02 Å². The van der Waals surface area contributed by atoms with Gasteiger partial charge in [-0.2, -0.15) is 0 Å². The first kappa shape index (κ1) is 17.5. The minimum atomic E-state index is 0.388. The Labute approximate surface area is 151 Å². The van der Waals surface area contributed by atoms with Crippen LogP contribution < -0.4 is 21.5 Å². The summed E-state index contributed by atoms with van der Waals surface area (Å²) in [5.41, 5.74) is 9.53. The highest BCUT2D eigenvalue weighted by Crippen LogP contribution is 2.19. The fourth-order valence-corrected chi connectivity index (χ4v) is 2.32. The Morgan fingerprint density at radius 2 is 1.52 bits per heavy atom. The third-order valence-electron chi connectivity index (χ3n) is 3.11. The van der Waals surface area contributed by atoms with Gasteiger partial charge in [-0.25, -0.2) is 0 Å². The zero-order valence-electron chi connectivity index (χ0n) is 12.7. The van der Waals surface area contributed by atoms with Crippen LogP contribution in [0, 0.1) is 13.8 Å². The Balaban J connectivity index is 1.83. The molecule has 120 valence electrons. The lowest BCUT2D eigenvalue weighted by Gasteiger charge is -2.15. The lowest BCUT2D eigenvalue weighted by atomic mass is 10.2. The summed E-state index contributed by atoms with van der Waals surface area (Å²) in [6, 6.07) is 13.5. The number of aryl methyl sites for hydroxylation is 2. The molecule has 4 nitrogen and oxygen atoms in total. The number of benzene rings is 2. The van der Waals surface area contributed by atoms with Crippen LogP contribution in [0.25, 0.3) is 0 Å². The second kappa shape index (κ2) is 8.10. The van der Waals surface area contributed by atoms with Gasteiger partial charge in [0.1, 0.15) is 0 Å². The Bertz CT molecular complexity index is 734. The van der Waals surface area contributed by atoms with Crippen LogP contribution >= 0.6 is 36.0 Å². The van der Waals surface area contributed by atoms with Crippen molar-refractivity contribution in [2.24, 2.45) is 0 Å². The lowest BCUT2D eigenvalue weighted by molar-refractivity contribution is 0.885. The van der Waals surface area contributed by atoms with Crippen LogP contribution in [0.5, 0.6) is 0 Å². The van der Waals surface area contributed by atoms with Gasteiger partial charge < -0.3 is 10.6 Å². The van der Waals surface area contributed by atoms with Crippen molar-refractivity contribution in [2.45, 2.75) is 13.8 Å². The van der Waals surface area contributed by atoms with Crippen LogP contribution in [0.3, 0.4) is 0 Å². The van der Waals surface area contributed by atoms with Gasteiger partial charge in [-0.1, -0.05) is 35.9 Å². The Morgan fingerprint density at radius 3 is 2.17 bits per heavy atom. The first-order chi connectivity index (χ1) is 11.0. The first-order valence-corrected chi connectivity index (χ1v) is 8.11. The molecule has 0 bridgehead atoms. The van der Waals surface area contributed by atoms with Gasteiger partial charge in [-0.15, -0.1) is 0 Å². The molecule has 0 heterocycles. The fraction of sp³-hybridized carbons (Fsp3) is 0.125. The molecule has 0 spiro atoms. The van der Waals surface area contributed by atoms with Crippen molar-refractivity contribution < 1.29 is 0 Å². The number of hydrogen-bond donors (Lipinski definition) is 4. The van der Waals surface area contributed by atoms with Crippen LogP contribution in [0.1, 0.15) is 11.1 Å². The van der Waals surface area contributed by atoms with E-state index in [-0.39, 0.29) is 0 Å². The smallest absolute Gasteiger partial charge is 0.189 e. The van der Waals surface area contributed by atoms with Crippen LogP contribution in [-0.2, 0) is 0 Å². The van der Waals surface area contributed by atoms with E-state index in [1.165, 1.54) is 0 Å². The quantitative estimate of drug-likeness (QED) is 0.474. The molecule has 0 saturated carbocycles. The molecule has 0 atom stereocenters. The van der Waals surface area contributed by atoms with E-state index in [4.69, 9.17) is 36.0 Å². The molecule has 0 aliphatic heterocycles.